The molecule has 0 bridgehead atoms. The summed E-state index contributed by atoms with van der Waals surface area (Å²) in [5, 5.41) is 6.50. The van der Waals surface area contributed by atoms with Crippen molar-refractivity contribution in [1.29, 1.82) is 0 Å². The zero-order valence-electron chi connectivity index (χ0n) is 20.5. The van der Waals surface area contributed by atoms with E-state index in [-0.39, 0.29) is 34.8 Å². The largest absolute Gasteiger partial charge is 0.356 e. The Morgan fingerprint density at radius 1 is 1.00 bits per heavy atom. The van der Waals surface area contributed by atoms with Gasteiger partial charge in [-0.25, -0.2) is 23.4 Å². The predicted molar refractivity (Wildman–Crippen MR) is 141 cm³/mol. The van der Waals surface area contributed by atoms with E-state index in [1.165, 1.54) is 23.9 Å². The highest BCUT2D eigenvalue weighted by atomic mass is 32.2. The molecule has 0 atom stereocenters. The van der Waals surface area contributed by atoms with Gasteiger partial charge in [-0.15, -0.1) is 0 Å². The van der Waals surface area contributed by atoms with Gasteiger partial charge in [0, 0.05) is 38.1 Å². The van der Waals surface area contributed by atoms with Gasteiger partial charge in [0.25, 0.3) is 11.8 Å². The number of hydrogen-bond acceptors (Lipinski definition) is 9. The molecule has 1 aliphatic rings. The molecule has 3 aromatic rings. The average Bonchev–Trinajstić information content (AvgIpc) is 2.92. The van der Waals surface area contributed by atoms with Crippen molar-refractivity contribution in [2.24, 2.45) is 0 Å². The first-order valence-corrected chi connectivity index (χ1v) is 14.8. The Hall–Kier alpha value is -3.51. The maximum absolute atomic E-state index is 12.8. The number of benzene rings is 1. The van der Waals surface area contributed by atoms with Gasteiger partial charge < -0.3 is 15.5 Å². The maximum Gasteiger partial charge on any atom is 0.270 e. The van der Waals surface area contributed by atoms with Gasteiger partial charge in [0.05, 0.1) is 4.90 Å². The van der Waals surface area contributed by atoms with E-state index >= 15 is 0 Å². The van der Waals surface area contributed by atoms with Gasteiger partial charge in [0.15, 0.2) is 15.0 Å². The lowest BCUT2D eigenvalue weighted by Gasteiger charge is -2.33. The lowest BCUT2D eigenvalue weighted by molar-refractivity contribution is 0.0925. The zero-order chi connectivity index (χ0) is 26.4. The highest BCUT2D eigenvalue weighted by molar-refractivity contribution is 7.98. The Morgan fingerprint density at radius 2 is 1.68 bits per heavy atom. The summed E-state index contributed by atoms with van der Waals surface area (Å²) in [7, 11) is -3.28. The third-order valence-electron chi connectivity index (χ3n) is 5.97. The minimum absolute atomic E-state index is 0.000188. The smallest absolute Gasteiger partial charge is 0.270 e. The number of nitrogens with zero attached hydrogens (tertiary/aromatic N) is 4. The van der Waals surface area contributed by atoms with Crippen LogP contribution in [0.3, 0.4) is 0 Å². The van der Waals surface area contributed by atoms with E-state index in [1.807, 2.05) is 12.3 Å². The molecule has 4 rings (SSSR count). The quantitative estimate of drug-likeness (QED) is 0.326. The number of nitrogens with one attached hydrogen (secondary N) is 2. The topological polar surface area (TPSA) is 134 Å². The van der Waals surface area contributed by atoms with Crippen molar-refractivity contribution in [3.05, 3.63) is 71.7 Å². The van der Waals surface area contributed by atoms with Gasteiger partial charge >= 0.3 is 0 Å². The third-order valence-corrected chi connectivity index (χ3v) is 7.66. The van der Waals surface area contributed by atoms with Crippen LogP contribution in [0.4, 0.5) is 5.82 Å². The number of aromatic nitrogens is 3. The minimum atomic E-state index is -3.28. The molecule has 194 valence electrons. The lowest BCUT2D eigenvalue weighted by Crippen LogP contribution is -2.45. The van der Waals surface area contributed by atoms with Gasteiger partial charge in [-0.3, -0.25) is 9.59 Å². The predicted octanol–water partition coefficient (Wildman–Crippen LogP) is 2.33. The Kier molecular flexibility index (Phi) is 8.39. The summed E-state index contributed by atoms with van der Waals surface area (Å²) in [4.78, 5) is 40.8. The fourth-order valence-corrected chi connectivity index (χ4v) is 4.92. The molecule has 1 aromatic carbocycles. The van der Waals surface area contributed by atoms with Crippen LogP contribution >= 0.6 is 11.8 Å². The Bertz CT molecular complexity index is 1370. The van der Waals surface area contributed by atoms with Gasteiger partial charge in [-0.2, -0.15) is 0 Å². The number of sulfone groups is 1. The van der Waals surface area contributed by atoms with Crippen LogP contribution in [0.5, 0.6) is 0 Å². The maximum atomic E-state index is 12.8. The molecule has 1 saturated heterocycles. The summed E-state index contributed by atoms with van der Waals surface area (Å²) in [6.45, 7) is 1.72. The standard InChI is InChI=1S/C25H28N6O4S2/c1-36-25-26-13-10-22(30-25)31-14-11-18(12-15-31)28-24(33)21-5-3-4-20(29-21)23(32)27-16-17-6-8-19(9-7-17)37(2,34)35/h3-10,13,18H,11-12,14-16H2,1-2H3,(H,27,32)(H,28,33). The highest BCUT2D eigenvalue weighted by Crippen LogP contribution is 2.20. The third kappa shape index (κ3) is 7.04. The average molecular weight is 541 g/mol. The van der Waals surface area contributed by atoms with E-state index in [0.717, 1.165) is 48.7 Å². The van der Waals surface area contributed by atoms with Crippen LogP contribution in [0.1, 0.15) is 39.4 Å². The van der Waals surface area contributed by atoms with E-state index in [9.17, 15) is 18.0 Å². The van der Waals surface area contributed by atoms with Crippen molar-refractivity contribution in [2.45, 2.75) is 35.5 Å². The summed E-state index contributed by atoms with van der Waals surface area (Å²) >= 11 is 1.50. The number of carbonyl (C=O) groups excluding carboxylic acids is 2. The molecule has 37 heavy (non-hydrogen) atoms. The van der Waals surface area contributed by atoms with Crippen molar-refractivity contribution in [3.63, 3.8) is 0 Å². The van der Waals surface area contributed by atoms with E-state index in [1.54, 1.807) is 36.5 Å². The van der Waals surface area contributed by atoms with Crippen LogP contribution in [0, 0.1) is 0 Å². The molecule has 2 N–H and O–H groups in total. The van der Waals surface area contributed by atoms with E-state index in [2.05, 4.69) is 30.5 Å². The monoisotopic (exact) mass is 540 g/mol. The number of amides is 2. The van der Waals surface area contributed by atoms with Gasteiger partial charge in [-0.1, -0.05) is 30.0 Å². The van der Waals surface area contributed by atoms with Crippen molar-refractivity contribution in [2.75, 3.05) is 30.5 Å². The van der Waals surface area contributed by atoms with Crippen LogP contribution in [0.25, 0.3) is 0 Å². The van der Waals surface area contributed by atoms with Crippen molar-refractivity contribution < 1.29 is 18.0 Å². The molecule has 2 aromatic heterocycles. The van der Waals surface area contributed by atoms with Crippen LogP contribution < -0.4 is 15.5 Å². The SMILES string of the molecule is CSc1nccc(N2CCC(NC(=O)c3cccc(C(=O)NCc4ccc(S(C)(=O)=O)cc4)n3)CC2)n1. The van der Waals surface area contributed by atoms with Gasteiger partial charge in [-0.05, 0) is 55.0 Å². The zero-order valence-corrected chi connectivity index (χ0v) is 22.2. The summed E-state index contributed by atoms with van der Waals surface area (Å²) in [6.07, 6.45) is 6.37. The molecule has 0 unspecified atom stereocenters. The molecule has 1 aliphatic heterocycles. The second kappa shape index (κ2) is 11.7. The number of hydrogen-bond donors (Lipinski definition) is 2. The number of piperidine rings is 1. The molecule has 3 heterocycles. The summed E-state index contributed by atoms with van der Waals surface area (Å²) in [5.41, 5.74) is 1.05. The molecule has 10 nitrogen and oxygen atoms in total. The van der Waals surface area contributed by atoms with E-state index in [4.69, 9.17) is 0 Å². The van der Waals surface area contributed by atoms with Crippen LogP contribution in [0.15, 0.2) is 64.8 Å². The molecule has 0 spiro atoms. The normalized spacial score (nSPS) is 14.3. The van der Waals surface area contributed by atoms with Crippen molar-refractivity contribution in [3.8, 4) is 0 Å². The van der Waals surface area contributed by atoms with Crippen molar-refractivity contribution in [1.82, 2.24) is 25.6 Å². The molecule has 12 heteroatoms. The number of thioether (sulfide) groups is 1. The molecule has 1 fully saturated rings. The number of anilines is 1. The van der Waals surface area contributed by atoms with E-state index < -0.39 is 15.7 Å². The Balaban J connectivity index is 1.30. The fraction of sp³-hybridized carbons (Fsp3) is 0.320. The molecule has 0 aliphatic carbocycles. The van der Waals surface area contributed by atoms with Crippen LogP contribution in [-0.4, -0.2) is 66.8 Å². The first kappa shape index (κ1) is 26.6. The first-order valence-electron chi connectivity index (χ1n) is 11.7. The van der Waals surface area contributed by atoms with Gasteiger partial charge in [0.1, 0.15) is 17.2 Å². The fourth-order valence-electron chi connectivity index (χ4n) is 3.93. The molecule has 0 saturated carbocycles. The van der Waals surface area contributed by atoms with Gasteiger partial charge in [0.2, 0.25) is 0 Å². The number of carbonyl (C=O) groups is 2. The minimum Gasteiger partial charge on any atom is -0.356 e. The lowest BCUT2D eigenvalue weighted by atomic mass is 10.0. The molecule has 0 radical (unpaired) electrons. The second-order valence-electron chi connectivity index (χ2n) is 8.64. The van der Waals surface area contributed by atoms with Crippen molar-refractivity contribution >= 4 is 39.2 Å². The number of pyridine rings is 1. The Morgan fingerprint density at radius 3 is 2.32 bits per heavy atom. The summed E-state index contributed by atoms with van der Waals surface area (Å²) < 4.78 is 23.2. The number of rotatable bonds is 8. The van der Waals surface area contributed by atoms with E-state index in [0.29, 0.717) is 0 Å². The first-order chi connectivity index (χ1) is 17.7. The molecule has 2 amide bonds. The summed E-state index contributed by atoms with van der Waals surface area (Å²) in [6, 6.07) is 12.9. The molecular formula is C25H28N6O4S2. The second-order valence-corrected chi connectivity index (χ2v) is 11.4. The van der Waals surface area contributed by atoms with Crippen LogP contribution in [-0.2, 0) is 16.4 Å². The Labute approximate surface area is 220 Å². The highest BCUT2D eigenvalue weighted by Gasteiger charge is 2.23. The summed E-state index contributed by atoms with van der Waals surface area (Å²) in [5.74, 6) is 0.136. The van der Waals surface area contributed by atoms with Crippen LogP contribution in [0.2, 0.25) is 0 Å². The molecular weight excluding hydrogens is 512 g/mol.